The Balaban J connectivity index is 1.60. The summed E-state index contributed by atoms with van der Waals surface area (Å²) in [5.74, 6) is 0.475. The number of carbonyl (C=O) groups is 2. The minimum absolute atomic E-state index is 0.00299. The molecule has 3 rings (SSSR count). The standard InChI is InChI=1S/C19H20ClN3O3/c1-13-3-4-14(11-17(13)20)21-18(24)12-22-9-10-23(19(22)25)15-5-7-16(26-2)8-6-15/h3-8,11H,9-10,12H2,1-2H3,(H,21,24). The van der Waals surface area contributed by atoms with E-state index in [2.05, 4.69) is 5.32 Å². The van der Waals surface area contributed by atoms with Crippen LogP contribution in [0, 0.1) is 6.92 Å². The average molecular weight is 374 g/mol. The molecule has 26 heavy (non-hydrogen) atoms. The molecule has 136 valence electrons. The summed E-state index contributed by atoms with van der Waals surface area (Å²) < 4.78 is 5.13. The number of ether oxygens (including phenoxy) is 1. The van der Waals surface area contributed by atoms with Crippen LogP contribution in [0.1, 0.15) is 5.56 Å². The van der Waals surface area contributed by atoms with Gasteiger partial charge in [0.1, 0.15) is 12.3 Å². The van der Waals surface area contributed by atoms with Crippen LogP contribution in [0.4, 0.5) is 16.2 Å². The highest BCUT2D eigenvalue weighted by Crippen LogP contribution is 2.23. The van der Waals surface area contributed by atoms with Gasteiger partial charge >= 0.3 is 6.03 Å². The van der Waals surface area contributed by atoms with E-state index in [-0.39, 0.29) is 18.5 Å². The van der Waals surface area contributed by atoms with Gasteiger partial charge in [-0.05, 0) is 48.9 Å². The van der Waals surface area contributed by atoms with E-state index in [0.29, 0.717) is 23.8 Å². The van der Waals surface area contributed by atoms with E-state index >= 15 is 0 Å². The smallest absolute Gasteiger partial charge is 0.325 e. The number of amides is 3. The molecule has 1 N–H and O–H groups in total. The van der Waals surface area contributed by atoms with E-state index < -0.39 is 0 Å². The molecule has 0 aromatic heterocycles. The first-order valence-corrected chi connectivity index (χ1v) is 8.62. The number of hydrogen-bond acceptors (Lipinski definition) is 3. The largest absolute Gasteiger partial charge is 0.497 e. The third kappa shape index (κ3) is 3.91. The number of carbonyl (C=O) groups excluding carboxylic acids is 2. The van der Waals surface area contributed by atoms with Gasteiger partial charge < -0.3 is 15.0 Å². The van der Waals surface area contributed by atoms with E-state index in [1.165, 1.54) is 4.90 Å². The van der Waals surface area contributed by atoms with Crippen molar-refractivity contribution in [1.29, 1.82) is 0 Å². The molecule has 1 aliphatic rings. The molecule has 2 aromatic rings. The first-order chi connectivity index (χ1) is 12.5. The average Bonchev–Trinajstić information content (AvgIpc) is 2.99. The van der Waals surface area contributed by atoms with Crippen molar-refractivity contribution in [1.82, 2.24) is 4.90 Å². The fourth-order valence-electron chi connectivity index (χ4n) is 2.78. The Morgan fingerprint density at radius 2 is 1.92 bits per heavy atom. The molecule has 6 nitrogen and oxygen atoms in total. The Labute approximate surface area is 157 Å². The van der Waals surface area contributed by atoms with E-state index in [4.69, 9.17) is 16.3 Å². The number of halogens is 1. The molecule has 0 aliphatic carbocycles. The lowest BCUT2D eigenvalue weighted by atomic mass is 10.2. The van der Waals surface area contributed by atoms with E-state index in [1.807, 2.05) is 25.1 Å². The third-order valence-corrected chi connectivity index (χ3v) is 4.68. The highest BCUT2D eigenvalue weighted by Gasteiger charge is 2.30. The topological polar surface area (TPSA) is 61.9 Å². The minimum atomic E-state index is -0.255. The summed E-state index contributed by atoms with van der Waals surface area (Å²) in [6, 6.07) is 12.4. The summed E-state index contributed by atoms with van der Waals surface area (Å²) in [6.07, 6.45) is 0. The molecule has 0 spiro atoms. The number of nitrogens with one attached hydrogen (secondary N) is 1. The summed E-state index contributed by atoms with van der Waals surface area (Å²) in [4.78, 5) is 28.0. The van der Waals surface area contributed by atoms with Crippen LogP contribution in [0.25, 0.3) is 0 Å². The predicted molar refractivity (Wildman–Crippen MR) is 102 cm³/mol. The van der Waals surface area contributed by atoms with Gasteiger partial charge in [-0.2, -0.15) is 0 Å². The normalized spacial score (nSPS) is 13.9. The summed E-state index contributed by atoms with van der Waals surface area (Å²) >= 11 is 6.07. The SMILES string of the molecule is COc1ccc(N2CCN(CC(=O)Nc3ccc(C)c(Cl)c3)C2=O)cc1. The van der Waals surface area contributed by atoms with Gasteiger partial charge in [-0.15, -0.1) is 0 Å². The maximum absolute atomic E-state index is 12.6. The summed E-state index contributed by atoms with van der Waals surface area (Å²) in [5.41, 5.74) is 2.34. The number of urea groups is 1. The molecule has 1 heterocycles. The first kappa shape index (κ1) is 18.1. The van der Waals surface area contributed by atoms with Crippen LogP contribution in [0.5, 0.6) is 5.75 Å². The van der Waals surface area contributed by atoms with E-state index in [9.17, 15) is 9.59 Å². The molecule has 0 unspecified atom stereocenters. The highest BCUT2D eigenvalue weighted by molar-refractivity contribution is 6.31. The Bertz CT molecular complexity index is 823. The molecule has 7 heteroatoms. The summed E-state index contributed by atoms with van der Waals surface area (Å²) in [6.45, 7) is 2.92. The van der Waals surface area contributed by atoms with Crippen LogP contribution in [-0.2, 0) is 4.79 Å². The zero-order chi connectivity index (χ0) is 18.7. The second kappa shape index (κ2) is 7.66. The number of aryl methyl sites for hydroxylation is 1. The van der Waals surface area contributed by atoms with Crippen molar-refractivity contribution in [3.63, 3.8) is 0 Å². The Morgan fingerprint density at radius 3 is 2.58 bits per heavy atom. The predicted octanol–water partition coefficient (Wildman–Crippen LogP) is 3.54. The van der Waals surface area contributed by atoms with Crippen molar-refractivity contribution in [2.75, 3.05) is 37.0 Å². The molecule has 0 atom stereocenters. The van der Waals surface area contributed by atoms with Crippen molar-refractivity contribution in [2.45, 2.75) is 6.92 Å². The number of benzene rings is 2. The second-order valence-corrected chi connectivity index (χ2v) is 6.47. The number of methoxy groups -OCH3 is 1. The lowest BCUT2D eigenvalue weighted by Gasteiger charge is -2.18. The molecule has 2 aromatic carbocycles. The number of hydrogen-bond donors (Lipinski definition) is 1. The molecule has 3 amide bonds. The van der Waals surface area contributed by atoms with Gasteiger partial charge in [0.05, 0.1) is 7.11 Å². The van der Waals surface area contributed by atoms with Crippen molar-refractivity contribution >= 4 is 34.9 Å². The van der Waals surface area contributed by atoms with Crippen molar-refractivity contribution in [2.24, 2.45) is 0 Å². The molecule has 0 saturated carbocycles. The zero-order valence-electron chi connectivity index (χ0n) is 14.7. The van der Waals surface area contributed by atoms with Crippen LogP contribution < -0.4 is 15.0 Å². The fourth-order valence-corrected chi connectivity index (χ4v) is 2.96. The Morgan fingerprint density at radius 1 is 1.19 bits per heavy atom. The van der Waals surface area contributed by atoms with Crippen LogP contribution in [0.15, 0.2) is 42.5 Å². The monoisotopic (exact) mass is 373 g/mol. The number of nitrogens with zero attached hydrogens (tertiary/aromatic N) is 2. The van der Waals surface area contributed by atoms with Gasteiger partial charge in [0.25, 0.3) is 0 Å². The number of anilines is 2. The first-order valence-electron chi connectivity index (χ1n) is 8.24. The van der Waals surface area contributed by atoms with Crippen LogP contribution >= 0.6 is 11.6 Å². The van der Waals surface area contributed by atoms with E-state index in [0.717, 1.165) is 17.0 Å². The molecule has 1 saturated heterocycles. The molecule has 1 fully saturated rings. The van der Waals surface area contributed by atoms with E-state index in [1.54, 1.807) is 36.3 Å². The summed E-state index contributed by atoms with van der Waals surface area (Å²) in [5, 5.41) is 3.36. The van der Waals surface area contributed by atoms with Gasteiger partial charge in [0.15, 0.2) is 0 Å². The third-order valence-electron chi connectivity index (χ3n) is 4.27. The zero-order valence-corrected chi connectivity index (χ0v) is 15.4. The van der Waals surface area contributed by atoms with Crippen LogP contribution in [0.2, 0.25) is 5.02 Å². The lowest BCUT2D eigenvalue weighted by Crippen LogP contribution is -2.37. The molecule has 0 bridgehead atoms. The van der Waals surface area contributed by atoms with Gasteiger partial charge in [-0.3, -0.25) is 9.69 Å². The van der Waals surface area contributed by atoms with Crippen molar-refractivity contribution < 1.29 is 14.3 Å². The lowest BCUT2D eigenvalue weighted by molar-refractivity contribution is -0.116. The number of rotatable bonds is 5. The quantitative estimate of drug-likeness (QED) is 0.872. The molecular weight excluding hydrogens is 354 g/mol. The molecule has 0 radical (unpaired) electrons. The molecule has 1 aliphatic heterocycles. The van der Waals surface area contributed by atoms with Crippen LogP contribution in [0.3, 0.4) is 0 Å². The maximum Gasteiger partial charge on any atom is 0.325 e. The summed E-state index contributed by atoms with van der Waals surface area (Å²) in [7, 11) is 1.59. The second-order valence-electron chi connectivity index (χ2n) is 6.07. The van der Waals surface area contributed by atoms with Crippen molar-refractivity contribution in [3.05, 3.63) is 53.1 Å². The van der Waals surface area contributed by atoms with Crippen LogP contribution in [-0.4, -0.2) is 43.6 Å². The Kier molecular flexibility index (Phi) is 5.32. The minimum Gasteiger partial charge on any atom is -0.497 e. The fraction of sp³-hybridized carbons (Fsp3) is 0.263. The van der Waals surface area contributed by atoms with Gasteiger partial charge in [-0.25, -0.2) is 4.79 Å². The van der Waals surface area contributed by atoms with Gasteiger partial charge in [0.2, 0.25) is 5.91 Å². The highest BCUT2D eigenvalue weighted by atomic mass is 35.5. The molecular formula is C19H20ClN3O3. The van der Waals surface area contributed by atoms with Crippen molar-refractivity contribution in [3.8, 4) is 5.75 Å². The maximum atomic E-state index is 12.6. The van der Waals surface area contributed by atoms with Gasteiger partial charge in [-0.1, -0.05) is 17.7 Å². The van der Waals surface area contributed by atoms with Gasteiger partial charge in [0, 0.05) is 29.5 Å². The Hall–Kier alpha value is -2.73.